The van der Waals surface area contributed by atoms with Crippen LogP contribution in [0.25, 0.3) is 10.2 Å². The van der Waals surface area contributed by atoms with Crippen molar-refractivity contribution >= 4 is 51.6 Å². The number of rotatable bonds is 7. The fraction of sp³-hybridized carbons (Fsp3) is 0.556. The van der Waals surface area contributed by atoms with Gasteiger partial charge >= 0.3 is 13.3 Å². The first-order valence-electron chi connectivity index (χ1n) is 9.36. The standard InChI is InChI=1S/C17H25BClN3O2S.CO2/c19-13-4-5-15-16(11-13)25-17(21-15)22-9-6-12(7-10-22)14(20)3-1-2-8-18(23)24;2-1-3/h4-5,11-12,14,23-24H,1-3,6-10,20H2;. The Bertz CT molecular complexity index is 777. The van der Waals surface area contributed by atoms with Crippen molar-refractivity contribution in [1.29, 1.82) is 0 Å². The summed E-state index contributed by atoms with van der Waals surface area (Å²) in [7, 11) is -1.19. The summed E-state index contributed by atoms with van der Waals surface area (Å²) in [6.45, 7) is 1.97. The van der Waals surface area contributed by atoms with E-state index in [1.807, 2.05) is 18.2 Å². The van der Waals surface area contributed by atoms with Crippen molar-refractivity contribution in [1.82, 2.24) is 4.98 Å². The first kappa shape index (κ1) is 22.8. The summed E-state index contributed by atoms with van der Waals surface area (Å²) < 4.78 is 1.13. The largest absolute Gasteiger partial charge is 0.451 e. The Morgan fingerprint density at radius 3 is 2.64 bits per heavy atom. The lowest BCUT2D eigenvalue weighted by Crippen LogP contribution is -2.41. The maximum absolute atomic E-state index is 8.88. The molecule has 28 heavy (non-hydrogen) atoms. The van der Waals surface area contributed by atoms with Crippen molar-refractivity contribution in [3.63, 3.8) is 0 Å². The van der Waals surface area contributed by atoms with Gasteiger partial charge in [0.1, 0.15) is 0 Å². The average Bonchev–Trinajstić information content (AvgIpc) is 3.09. The van der Waals surface area contributed by atoms with Gasteiger partial charge in [-0.15, -0.1) is 0 Å². The minimum absolute atomic E-state index is 0.201. The van der Waals surface area contributed by atoms with E-state index in [-0.39, 0.29) is 12.2 Å². The fourth-order valence-corrected chi connectivity index (χ4v) is 4.78. The Kier molecular flexibility index (Phi) is 9.38. The number of fused-ring (bicyclic) bond motifs is 1. The van der Waals surface area contributed by atoms with Crippen molar-refractivity contribution in [3.05, 3.63) is 23.2 Å². The molecule has 0 aliphatic carbocycles. The SMILES string of the molecule is NC(CCCCB(O)O)C1CCN(c2nc3ccc(Cl)cc3s2)CC1.O=C=O. The number of nitrogens with zero attached hydrogens (tertiary/aromatic N) is 2. The molecule has 1 unspecified atom stereocenters. The highest BCUT2D eigenvalue weighted by molar-refractivity contribution is 7.22. The van der Waals surface area contributed by atoms with E-state index < -0.39 is 7.12 Å². The first-order chi connectivity index (χ1) is 13.4. The second-order valence-electron chi connectivity index (χ2n) is 6.95. The van der Waals surface area contributed by atoms with Gasteiger partial charge in [-0.3, -0.25) is 0 Å². The molecule has 1 fully saturated rings. The maximum Gasteiger partial charge on any atom is 0.451 e. The molecular weight excluding hydrogens is 401 g/mol. The van der Waals surface area contributed by atoms with Crippen molar-refractivity contribution < 1.29 is 19.6 Å². The van der Waals surface area contributed by atoms with E-state index in [1.165, 1.54) is 0 Å². The van der Waals surface area contributed by atoms with E-state index >= 15 is 0 Å². The minimum Gasteiger partial charge on any atom is -0.427 e. The van der Waals surface area contributed by atoms with Gasteiger partial charge in [-0.2, -0.15) is 9.59 Å². The highest BCUT2D eigenvalue weighted by atomic mass is 35.5. The highest BCUT2D eigenvalue weighted by Gasteiger charge is 2.25. The highest BCUT2D eigenvalue weighted by Crippen LogP contribution is 2.33. The number of aromatic nitrogens is 1. The van der Waals surface area contributed by atoms with Crippen molar-refractivity contribution in [3.8, 4) is 0 Å². The lowest BCUT2D eigenvalue weighted by atomic mass is 9.82. The van der Waals surface area contributed by atoms with Gasteiger partial charge in [0.25, 0.3) is 0 Å². The number of halogens is 1. The summed E-state index contributed by atoms with van der Waals surface area (Å²) in [6.07, 6.45) is 5.58. The van der Waals surface area contributed by atoms with Crippen LogP contribution in [0, 0.1) is 5.92 Å². The Morgan fingerprint density at radius 2 is 2.00 bits per heavy atom. The zero-order valence-electron chi connectivity index (χ0n) is 15.6. The van der Waals surface area contributed by atoms with Gasteiger partial charge in [0.2, 0.25) is 0 Å². The summed E-state index contributed by atoms with van der Waals surface area (Å²) in [6, 6.07) is 6.04. The molecule has 0 bridgehead atoms. The lowest BCUT2D eigenvalue weighted by Gasteiger charge is -2.34. The van der Waals surface area contributed by atoms with Gasteiger partial charge in [-0.05, 0) is 49.7 Å². The number of hydrogen-bond acceptors (Lipinski definition) is 8. The molecule has 1 aromatic carbocycles. The van der Waals surface area contributed by atoms with Crippen LogP contribution in [0.4, 0.5) is 5.13 Å². The van der Waals surface area contributed by atoms with Crippen LogP contribution in [0.15, 0.2) is 18.2 Å². The second kappa shape index (κ2) is 11.5. The third kappa shape index (κ3) is 6.85. The smallest absolute Gasteiger partial charge is 0.427 e. The molecule has 0 amide bonds. The number of hydrogen-bond donors (Lipinski definition) is 3. The predicted molar refractivity (Wildman–Crippen MR) is 111 cm³/mol. The summed E-state index contributed by atoms with van der Waals surface area (Å²) in [5, 5.41) is 19.6. The molecule has 10 heteroatoms. The lowest BCUT2D eigenvalue weighted by molar-refractivity contribution is -0.191. The first-order valence-corrected chi connectivity index (χ1v) is 10.6. The molecule has 1 atom stereocenters. The fourth-order valence-electron chi connectivity index (χ4n) is 3.48. The molecule has 1 saturated heterocycles. The van der Waals surface area contributed by atoms with Gasteiger partial charge < -0.3 is 20.7 Å². The molecule has 0 spiro atoms. The number of carbonyl (C=O) groups excluding carboxylic acids is 2. The number of unbranched alkanes of at least 4 members (excludes halogenated alkanes) is 1. The maximum atomic E-state index is 8.88. The Hall–Kier alpha value is -1.48. The Balaban J connectivity index is 0.000000878. The van der Waals surface area contributed by atoms with E-state index in [0.717, 1.165) is 65.6 Å². The quantitative estimate of drug-likeness (QED) is 0.461. The third-order valence-corrected chi connectivity index (χ3v) is 6.32. The van der Waals surface area contributed by atoms with Crippen LogP contribution >= 0.6 is 22.9 Å². The van der Waals surface area contributed by atoms with Crippen LogP contribution in [0.5, 0.6) is 0 Å². The van der Waals surface area contributed by atoms with E-state index in [4.69, 9.17) is 42.0 Å². The zero-order chi connectivity index (χ0) is 20.5. The number of anilines is 1. The number of benzene rings is 1. The predicted octanol–water partition coefficient (Wildman–Crippen LogP) is 2.55. The van der Waals surface area contributed by atoms with Gasteiger partial charge in [-0.1, -0.05) is 35.8 Å². The van der Waals surface area contributed by atoms with Crippen LogP contribution in [-0.2, 0) is 9.59 Å². The minimum atomic E-state index is -1.19. The van der Waals surface area contributed by atoms with Crippen LogP contribution in [0.3, 0.4) is 0 Å². The molecule has 152 valence electrons. The normalized spacial score (nSPS) is 15.6. The molecule has 1 aliphatic rings. The van der Waals surface area contributed by atoms with E-state index in [0.29, 0.717) is 12.2 Å². The number of piperidine rings is 1. The molecule has 0 saturated carbocycles. The molecule has 2 heterocycles. The van der Waals surface area contributed by atoms with Crippen molar-refractivity contribution in [2.75, 3.05) is 18.0 Å². The van der Waals surface area contributed by atoms with Gasteiger partial charge in [-0.25, -0.2) is 4.98 Å². The Labute approximate surface area is 173 Å². The van der Waals surface area contributed by atoms with E-state index in [2.05, 4.69) is 4.90 Å². The second-order valence-corrected chi connectivity index (χ2v) is 8.39. The average molecular weight is 426 g/mol. The molecular formula is C18H25BClN3O4S. The molecule has 2 aromatic rings. The van der Waals surface area contributed by atoms with Gasteiger partial charge in [0.15, 0.2) is 5.13 Å². The van der Waals surface area contributed by atoms with Crippen molar-refractivity contribution in [2.45, 2.75) is 44.5 Å². The van der Waals surface area contributed by atoms with E-state index in [1.54, 1.807) is 11.3 Å². The summed E-state index contributed by atoms with van der Waals surface area (Å²) >= 11 is 7.76. The monoisotopic (exact) mass is 425 g/mol. The van der Waals surface area contributed by atoms with Gasteiger partial charge in [0.05, 0.1) is 10.2 Å². The third-order valence-electron chi connectivity index (χ3n) is 5.00. The van der Waals surface area contributed by atoms with Crippen LogP contribution in [0.1, 0.15) is 32.1 Å². The van der Waals surface area contributed by atoms with Crippen LogP contribution in [-0.4, -0.2) is 47.4 Å². The zero-order valence-corrected chi connectivity index (χ0v) is 17.2. The summed E-state index contributed by atoms with van der Waals surface area (Å²) in [4.78, 5) is 23.3. The number of nitrogens with two attached hydrogens (primary N) is 1. The topological polar surface area (TPSA) is 117 Å². The van der Waals surface area contributed by atoms with Crippen LogP contribution < -0.4 is 10.6 Å². The number of thiazole rings is 1. The molecule has 3 rings (SSSR count). The summed E-state index contributed by atoms with van der Waals surface area (Å²) in [5.74, 6) is 0.541. The van der Waals surface area contributed by atoms with Crippen molar-refractivity contribution in [2.24, 2.45) is 11.7 Å². The summed E-state index contributed by atoms with van der Waals surface area (Å²) in [5.41, 5.74) is 7.36. The van der Waals surface area contributed by atoms with Crippen LogP contribution in [0.2, 0.25) is 11.3 Å². The van der Waals surface area contributed by atoms with Gasteiger partial charge in [0, 0.05) is 24.2 Å². The molecule has 4 N–H and O–H groups in total. The molecule has 0 radical (unpaired) electrons. The van der Waals surface area contributed by atoms with E-state index in [9.17, 15) is 0 Å². The molecule has 1 aliphatic heterocycles. The molecule has 1 aromatic heterocycles. The Morgan fingerprint density at radius 1 is 1.32 bits per heavy atom. The molecule has 7 nitrogen and oxygen atoms in total.